The zero-order valence-corrected chi connectivity index (χ0v) is 17.8. The van der Waals surface area contributed by atoms with E-state index in [2.05, 4.69) is 21.7 Å². The van der Waals surface area contributed by atoms with Crippen LogP contribution < -0.4 is 16.4 Å². The van der Waals surface area contributed by atoms with E-state index in [0.717, 1.165) is 65.0 Å². The molecule has 0 spiro atoms. The zero-order valence-electron chi connectivity index (χ0n) is 17.8. The molecule has 6 rings (SSSR count). The second-order valence-corrected chi connectivity index (χ2v) is 8.59. The first-order valence-electron chi connectivity index (χ1n) is 11.1. The number of anilines is 2. The minimum absolute atomic E-state index is 0.188. The summed E-state index contributed by atoms with van der Waals surface area (Å²) in [4.78, 5) is 25.2. The lowest BCUT2D eigenvalue weighted by Gasteiger charge is -2.14. The molecule has 9 heteroatoms. The molecule has 0 unspecified atom stereocenters. The molecule has 4 aromatic rings. The molecule has 2 aliphatic carbocycles. The fourth-order valence-electron chi connectivity index (χ4n) is 4.55. The quantitative estimate of drug-likeness (QED) is 0.369. The lowest BCUT2D eigenvalue weighted by molar-refractivity contribution is 0.190. The van der Waals surface area contributed by atoms with Crippen molar-refractivity contribution in [1.29, 1.82) is 0 Å². The third-order valence-corrected chi connectivity index (χ3v) is 6.27. The highest BCUT2D eigenvalue weighted by Gasteiger charge is 2.26. The van der Waals surface area contributed by atoms with Gasteiger partial charge < -0.3 is 21.5 Å². The predicted molar refractivity (Wildman–Crippen MR) is 125 cm³/mol. The van der Waals surface area contributed by atoms with E-state index >= 15 is 0 Å². The summed E-state index contributed by atoms with van der Waals surface area (Å²) in [5.41, 5.74) is 11.5. The number of nitrogens with two attached hydrogens (primary N) is 1. The highest BCUT2D eigenvalue weighted by Crippen LogP contribution is 2.36. The number of benzene rings is 1. The average Bonchev–Trinajstić information content (AvgIpc) is 3.41. The van der Waals surface area contributed by atoms with Gasteiger partial charge in [0, 0.05) is 17.9 Å². The molecule has 0 saturated heterocycles. The largest absolute Gasteiger partial charge is 0.465 e. The van der Waals surface area contributed by atoms with E-state index in [1.807, 2.05) is 41.0 Å². The SMILES string of the molecule is Nc1ncccc1-c1nc2ccc(NC3CC3)nc2n1-c1ccc2c(c1)CC[C@@H]2NC(=O)O. The maximum Gasteiger partial charge on any atom is 0.405 e. The smallest absolute Gasteiger partial charge is 0.405 e. The molecule has 1 amide bonds. The van der Waals surface area contributed by atoms with Gasteiger partial charge in [0.15, 0.2) is 11.5 Å². The number of hydrogen-bond donors (Lipinski definition) is 4. The Hall–Kier alpha value is -4.14. The van der Waals surface area contributed by atoms with Gasteiger partial charge in [-0.25, -0.2) is 19.7 Å². The molecule has 5 N–H and O–H groups in total. The Balaban J connectivity index is 1.52. The van der Waals surface area contributed by atoms with Crippen molar-refractivity contribution < 1.29 is 9.90 Å². The van der Waals surface area contributed by atoms with Gasteiger partial charge in [0.25, 0.3) is 0 Å². The first kappa shape index (κ1) is 19.5. The van der Waals surface area contributed by atoms with Crippen molar-refractivity contribution in [2.75, 3.05) is 11.1 Å². The van der Waals surface area contributed by atoms with Crippen LogP contribution in [0.15, 0.2) is 48.7 Å². The van der Waals surface area contributed by atoms with Crippen LogP contribution in [0.3, 0.4) is 0 Å². The van der Waals surface area contributed by atoms with E-state index in [1.54, 1.807) is 6.20 Å². The second-order valence-electron chi connectivity index (χ2n) is 8.59. The van der Waals surface area contributed by atoms with Gasteiger partial charge in [-0.05, 0) is 73.2 Å². The number of fused-ring (bicyclic) bond motifs is 2. The molecule has 1 saturated carbocycles. The lowest BCUT2D eigenvalue weighted by Crippen LogP contribution is -2.24. The Kier molecular flexibility index (Phi) is 4.42. The van der Waals surface area contributed by atoms with Crippen molar-refractivity contribution in [2.24, 2.45) is 0 Å². The van der Waals surface area contributed by atoms with Crippen LogP contribution in [0, 0.1) is 0 Å². The Bertz CT molecular complexity index is 1390. The molecule has 3 heterocycles. The van der Waals surface area contributed by atoms with Crippen LogP contribution in [0.4, 0.5) is 16.4 Å². The van der Waals surface area contributed by atoms with Crippen LogP contribution in [0.1, 0.15) is 36.4 Å². The Labute approximate surface area is 189 Å². The predicted octanol–water partition coefficient (Wildman–Crippen LogP) is 3.89. The van der Waals surface area contributed by atoms with Crippen LogP contribution >= 0.6 is 0 Å². The van der Waals surface area contributed by atoms with Crippen LogP contribution in [0.5, 0.6) is 0 Å². The minimum atomic E-state index is -1.01. The van der Waals surface area contributed by atoms with E-state index in [4.69, 9.17) is 20.8 Å². The molecular weight excluding hydrogens is 418 g/mol. The molecule has 166 valence electrons. The maximum atomic E-state index is 11.2. The molecule has 1 atom stereocenters. The van der Waals surface area contributed by atoms with Crippen molar-refractivity contribution in [2.45, 2.75) is 37.8 Å². The number of pyridine rings is 2. The van der Waals surface area contributed by atoms with Crippen molar-refractivity contribution in [3.05, 3.63) is 59.8 Å². The Morgan fingerprint density at radius 2 is 2.00 bits per heavy atom. The summed E-state index contributed by atoms with van der Waals surface area (Å²) >= 11 is 0. The molecule has 0 aliphatic heterocycles. The lowest BCUT2D eigenvalue weighted by atomic mass is 10.1. The van der Waals surface area contributed by atoms with Crippen LogP contribution in [-0.4, -0.2) is 36.8 Å². The fraction of sp³-hybridized carbons (Fsp3) is 0.250. The van der Waals surface area contributed by atoms with Crippen molar-refractivity contribution in [1.82, 2.24) is 24.8 Å². The molecule has 3 aromatic heterocycles. The molecule has 1 fully saturated rings. The van der Waals surface area contributed by atoms with Gasteiger partial charge in [-0.1, -0.05) is 6.07 Å². The number of imidazole rings is 1. The summed E-state index contributed by atoms with van der Waals surface area (Å²) in [6, 6.07) is 14.0. The van der Waals surface area contributed by atoms with E-state index < -0.39 is 6.09 Å². The first-order chi connectivity index (χ1) is 16.1. The summed E-state index contributed by atoms with van der Waals surface area (Å²) in [6.07, 6.45) is 4.51. The van der Waals surface area contributed by atoms with Crippen molar-refractivity contribution in [3.63, 3.8) is 0 Å². The Morgan fingerprint density at radius 3 is 2.79 bits per heavy atom. The van der Waals surface area contributed by atoms with Gasteiger partial charge in [-0.2, -0.15) is 0 Å². The van der Waals surface area contributed by atoms with E-state index in [0.29, 0.717) is 17.7 Å². The highest BCUT2D eigenvalue weighted by atomic mass is 16.4. The summed E-state index contributed by atoms with van der Waals surface area (Å²) in [5.74, 6) is 1.89. The topological polar surface area (TPSA) is 131 Å². The molecule has 9 nitrogen and oxygen atoms in total. The van der Waals surface area contributed by atoms with Crippen molar-refractivity contribution in [3.8, 4) is 17.1 Å². The van der Waals surface area contributed by atoms with Gasteiger partial charge in [-0.15, -0.1) is 0 Å². The molecule has 0 bridgehead atoms. The van der Waals surface area contributed by atoms with E-state index in [-0.39, 0.29) is 6.04 Å². The highest BCUT2D eigenvalue weighted by molar-refractivity contribution is 5.84. The zero-order chi connectivity index (χ0) is 22.5. The van der Waals surface area contributed by atoms with Crippen molar-refractivity contribution >= 4 is 28.9 Å². The summed E-state index contributed by atoms with van der Waals surface area (Å²) in [5, 5.41) is 15.2. The summed E-state index contributed by atoms with van der Waals surface area (Å²) in [7, 11) is 0. The van der Waals surface area contributed by atoms with Gasteiger partial charge >= 0.3 is 6.09 Å². The monoisotopic (exact) mass is 441 g/mol. The van der Waals surface area contributed by atoms with Crippen LogP contribution in [0.2, 0.25) is 0 Å². The third-order valence-electron chi connectivity index (χ3n) is 6.27. The maximum absolute atomic E-state index is 11.2. The summed E-state index contributed by atoms with van der Waals surface area (Å²) in [6.45, 7) is 0. The number of carboxylic acid groups (broad SMARTS) is 1. The number of hydrogen-bond acceptors (Lipinski definition) is 6. The minimum Gasteiger partial charge on any atom is -0.465 e. The molecule has 1 aromatic carbocycles. The summed E-state index contributed by atoms with van der Waals surface area (Å²) < 4.78 is 2.01. The van der Waals surface area contributed by atoms with E-state index in [1.165, 1.54) is 0 Å². The molecule has 0 radical (unpaired) electrons. The normalized spacial score (nSPS) is 17.2. The van der Waals surface area contributed by atoms with Gasteiger partial charge in [0.2, 0.25) is 0 Å². The number of amides is 1. The number of aromatic nitrogens is 4. The van der Waals surface area contributed by atoms with Crippen LogP contribution in [0.25, 0.3) is 28.2 Å². The number of nitrogens with one attached hydrogen (secondary N) is 2. The number of rotatable bonds is 5. The molecule has 33 heavy (non-hydrogen) atoms. The second kappa shape index (κ2) is 7.47. The first-order valence-corrected chi connectivity index (χ1v) is 11.1. The Morgan fingerprint density at radius 1 is 1.12 bits per heavy atom. The fourth-order valence-corrected chi connectivity index (χ4v) is 4.55. The number of carbonyl (C=O) groups is 1. The van der Waals surface area contributed by atoms with Crippen LogP contribution in [-0.2, 0) is 6.42 Å². The standard InChI is InChI=1S/C24H23N7O2/c25-21-17(2-1-11-26-21)22-28-19-9-10-20(27-14-4-5-14)30-23(19)31(22)15-6-7-16-13(12-15)3-8-18(16)29-24(32)33/h1-2,6-7,9-12,14,18,29H,3-5,8H2,(H2,25,26)(H,27,30)(H,32,33)/t18-/m0/s1. The molecular formula is C24H23N7O2. The van der Waals surface area contributed by atoms with E-state index in [9.17, 15) is 4.79 Å². The number of aryl methyl sites for hydroxylation is 1. The third kappa shape index (κ3) is 3.51. The molecule has 2 aliphatic rings. The number of nitrogens with zero attached hydrogens (tertiary/aromatic N) is 4. The van der Waals surface area contributed by atoms with Gasteiger partial charge in [0.05, 0.1) is 11.6 Å². The number of nitrogen functional groups attached to an aromatic ring is 1. The average molecular weight is 441 g/mol. The van der Waals surface area contributed by atoms with Gasteiger partial charge in [-0.3, -0.25) is 4.57 Å². The van der Waals surface area contributed by atoms with Gasteiger partial charge in [0.1, 0.15) is 17.2 Å².